The Kier molecular flexibility index (Phi) is 5.25. The maximum atomic E-state index is 10.4. The van der Waals surface area contributed by atoms with Gasteiger partial charge in [0, 0.05) is 9.50 Å². The van der Waals surface area contributed by atoms with Crippen molar-refractivity contribution in [1.29, 1.82) is 0 Å². The summed E-state index contributed by atoms with van der Waals surface area (Å²) in [6, 6.07) is 13.6. The highest BCUT2D eigenvalue weighted by Gasteiger charge is 2.12. The molecule has 0 spiro atoms. The zero-order chi connectivity index (χ0) is 14.7. The molecule has 0 amide bonds. The number of aliphatic hydroxyl groups is 1. The van der Waals surface area contributed by atoms with E-state index in [-0.39, 0.29) is 0 Å². The number of aliphatic hydroxyl groups excluding tert-OH is 1. The summed E-state index contributed by atoms with van der Waals surface area (Å²) >= 11 is 9.42. The van der Waals surface area contributed by atoms with Crippen LogP contribution in [0.4, 0.5) is 0 Å². The highest BCUT2D eigenvalue weighted by molar-refractivity contribution is 9.10. The molecule has 1 atom stereocenters. The van der Waals surface area contributed by atoms with Gasteiger partial charge in [0.25, 0.3) is 0 Å². The van der Waals surface area contributed by atoms with Crippen molar-refractivity contribution in [2.75, 3.05) is 0 Å². The van der Waals surface area contributed by atoms with Crippen molar-refractivity contribution in [1.82, 2.24) is 0 Å². The number of benzene rings is 2. The molecule has 1 N–H and O–H groups in total. The Labute approximate surface area is 133 Å². The van der Waals surface area contributed by atoms with Crippen LogP contribution in [0.1, 0.15) is 36.6 Å². The fourth-order valence-corrected chi connectivity index (χ4v) is 3.12. The van der Waals surface area contributed by atoms with E-state index in [2.05, 4.69) is 41.9 Å². The van der Waals surface area contributed by atoms with Gasteiger partial charge in [0.15, 0.2) is 0 Å². The fourth-order valence-electron chi connectivity index (χ4n) is 2.23. The summed E-state index contributed by atoms with van der Waals surface area (Å²) in [5.41, 5.74) is 2.97. The Balaban J connectivity index is 2.22. The molecule has 0 saturated heterocycles. The first kappa shape index (κ1) is 15.6. The van der Waals surface area contributed by atoms with Crippen LogP contribution in [0.2, 0.25) is 5.02 Å². The lowest BCUT2D eigenvalue weighted by Crippen LogP contribution is -2.01. The molecule has 2 aromatic rings. The number of rotatable bonds is 4. The van der Waals surface area contributed by atoms with E-state index in [1.54, 1.807) is 6.07 Å². The van der Waals surface area contributed by atoms with E-state index in [0.29, 0.717) is 10.9 Å². The van der Waals surface area contributed by atoms with Gasteiger partial charge in [-0.3, -0.25) is 0 Å². The smallest absolute Gasteiger partial charge is 0.104 e. The molecular formula is C17H18BrClO. The number of hydrogen-bond acceptors (Lipinski definition) is 1. The Bertz CT molecular complexity index is 558. The minimum atomic E-state index is -0.655. The third-order valence-electron chi connectivity index (χ3n) is 3.14. The Morgan fingerprint density at radius 3 is 2.25 bits per heavy atom. The summed E-state index contributed by atoms with van der Waals surface area (Å²) in [6.45, 7) is 4.40. The van der Waals surface area contributed by atoms with E-state index in [0.717, 1.165) is 22.0 Å². The largest absolute Gasteiger partial charge is 0.384 e. The van der Waals surface area contributed by atoms with Crippen molar-refractivity contribution in [3.05, 3.63) is 68.7 Å². The lowest BCUT2D eigenvalue weighted by Gasteiger charge is -2.13. The second-order valence-electron chi connectivity index (χ2n) is 5.44. The molecule has 0 heterocycles. The molecule has 106 valence electrons. The van der Waals surface area contributed by atoms with Gasteiger partial charge in [-0.15, -0.1) is 0 Å². The van der Waals surface area contributed by atoms with E-state index < -0.39 is 6.10 Å². The highest BCUT2D eigenvalue weighted by atomic mass is 79.9. The Morgan fingerprint density at radius 1 is 1.05 bits per heavy atom. The first-order chi connectivity index (χ1) is 9.45. The fraction of sp³-hybridized carbons (Fsp3) is 0.294. The van der Waals surface area contributed by atoms with Gasteiger partial charge in [-0.2, -0.15) is 0 Å². The van der Waals surface area contributed by atoms with Crippen LogP contribution in [0, 0.1) is 5.92 Å². The van der Waals surface area contributed by atoms with E-state index in [9.17, 15) is 5.11 Å². The summed E-state index contributed by atoms with van der Waals surface area (Å²) in [7, 11) is 0. The first-order valence-corrected chi connectivity index (χ1v) is 7.85. The third kappa shape index (κ3) is 4.08. The average molecular weight is 354 g/mol. The predicted octanol–water partition coefficient (Wildman–Crippen LogP) is 5.38. The molecule has 0 aromatic heterocycles. The van der Waals surface area contributed by atoms with E-state index in [1.807, 2.05) is 24.3 Å². The van der Waals surface area contributed by atoms with Crippen LogP contribution < -0.4 is 0 Å². The summed E-state index contributed by atoms with van der Waals surface area (Å²) in [4.78, 5) is 0. The van der Waals surface area contributed by atoms with Crippen LogP contribution in [0.15, 0.2) is 46.9 Å². The molecule has 0 aliphatic carbocycles. The van der Waals surface area contributed by atoms with Crippen LogP contribution in [-0.2, 0) is 6.42 Å². The maximum Gasteiger partial charge on any atom is 0.104 e. The van der Waals surface area contributed by atoms with Crippen LogP contribution in [0.25, 0.3) is 0 Å². The third-order valence-corrected chi connectivity index (χ3v) is 3.82. The van der Waals surface area contributed by atoms with Crippen molar-refractivity contribution in [3.63, 3.8) is 0 Å². The monoisotopic (exact) mass is 352 g/mol. The molecule has 1 nitrogen and oxygen atoms in total. The summed E-state index contributed by atoms with van der Waals surface area (Å²) in [6.07, 6.45) is 0.400. The first-order valence-electron chi connectivity index (χ1n) is 6.68. The summed E-state index contributed by atoms with van der Waals surface area (Å²) in [5, 5.41) is 11.0. The van der Waals surface area contributed by atoms with Gasteiger partial charge in [0.1, 0.15) is 6.10 Å². The molecule has 1 unspecified atom stereocenters. The highest BCUT2D eigenvalue weighted by Crippen LogP contribution is 2.28. The Hall–Kier alpha value is -0.830. The van der Waals surface area contributed by atoms with Crippen LogP contribution in [0.5, 0.6) is 0 Å². The molecule has 20 heavy (non-hydrogen) atoms. The van der Waals surface area contributed by atoms with Crippen molar-refractivity contribution in [3.8, 4) is 0 Å². The van der Waals surface area contributed by atoms with E-state index >= 15 is 0 Å². The normalized spacial score (nSPS) is 12.7. The quantitative estimate of drug-likeness (QED) is 0.782. The second-order valence-corrected chi connectivity index (χ2v) is 6.80. The molecule has 0 aliphatic rings. The van der Waals surface area contributed by atoms with Crippen LogP contribution in [0.3, 0.4) is 0 Å². The molecule has 0 fully saturated rings. The minimum absolute atomic E-state index is 0.616. The molecular weight excluding hydrogens is 336 g/mol. The predicted molar refractivity (Wildman–Crippen MR) is 88.2 cm³/mol. The Morgan fingerprint density at radius 2 is 1.70 bits per heavy atom. The summed E-state index contributed by atoms with van der Waals surface area (Å²) in [5.74, 6) is 0.634. The molecule has 0 bridgehead atoms. The van der Waals surface area contributed by atoms with Crippen LogP contribution in [-0.4, -0.2) is 5.11 Å². The zero-order valence-corrected chi connectivity index (χ0v) is 13.9. The molecule has 2 aromatic carbocycles. The van der Waals surface area contributed by atoms with Crippen molar-refractivity contribution in [2.24, 2.45) is 5.92 Å². The van der Waals surface area contributed by atoms with Crippen LogP contribution >= 0.6 is 27.5 Å². The second kappa shape index (κ2) is 6.75. The maximum absolute atomic E-state index is 10.4. The van der Waals surface area contributed by atoms with Crippen molar-refractivity contribution in [2.45, 2.75) is 26.4 Å². The van der Waals surface area contributed by atoms with E-state index in [4.69, 9.17) is 11.6 Å². The van der Waals surface area contributed by atoms with E-state index in [1.165, 1.54) is 5.56 Å². The topological polar surface area (TPSA) is 20.2 Å². The SMILES string of the molecule is CC(C)Cc1ccc(C(O)c2cc(Cl)cc(Br)c2)cc1. The lowest BCUT2D eigenvalue weighted by molar-refractivity contribution is 0.220. The standard InChI is InChI=1S/C17H18BrClO/c1-11(2)7-12-3-5-13(6-4-12)17(20)14-8-15(18)10-16(19)9-14/h3-6,8-11,17,20H,7H2,1-2H3. The van der Waals surface area contributed by atoms with Gasteiger partial charge in [-0.1, -0.05) is 65.6 Å². The van der Waals surface area contributed by atoms with Gasteiger partial charge in [-0.05, 0) is 47.2 Å². The number of halogens is 2. The summed E-state index contributed by atoms with van der Waals surface area (Å²) < 4.78 is 0.871. The molecule has 0 aliphatic heterocycles. The van der Waals surface area contributed by atoms with Gasteiger partial charge in [-0.25, -0.2) is 0 Å². The lowest BCUT2D eigenvalue weighted by atomic mass is 9.97. The molecule has 0 saturated carbocycles. The zero-order valence-electron chi connectivity index (χ0n) is 11.6. The van der Waals surface area contributed by atoms with Crippen molar-refractivity contribution >= 4 is 27.5 Å². The average Bonchev–Trinajstić information content (AvgIpc) is 2.37. The van der Waals surface area contributed by atoms with Gasteiger partial charge >= 0.3 is 0 Å². The molecule has 3 heteroatoms. The molecule has 2 rings (SSSR count). The molecule has 0 radical (unpaired) electrons. The number of hydrogen-bond donors (Lipinski definition) is 1. The van der Waals surface area contributed by atoms with Gasteiger partial charge in [0.05, 0.1) is 0 Å². The van der Waals surface area contributed by atoms with Gasteiger partial charge < -0.3 is 5.11 Å². The van der Waals surface area contributed by atoms with Gasteiger partial charge in [0.2, 0.25) is 0 Å². The minimum Gasteiger partial charge on any atom is -0.384 e. The van der Waals surface area contributed by atoms with Crippen molar-refractivity contribution < 1.29 is 5.11 Å².